The molecule has 0 spiro atoms. The quantitative estimate of drug-likeness (QED) is 0.730. The van der Waals surface area contributed by atoms with Gasteiger partial charge in [-0.1, -0.05) is 12.2 Å². The smallest absolute Gasteiger partial charge is 0.307 e. The Kier molecular flexibility index (Phi) is 4.19. The van der Waals surface area contributed by atoms with E-state index in [2.05, 4.69) is 5.32 Å². The van der Waals surface area contributed by atoms with E-state index in [-0.39, 0.29) is 5.56 Å². The molecule has 0 aliphatic heterocycles. The van der Waals surface area contributed by atoms with E-state index >= 15 is 0 Å². The number of rotatable bonds is 4. The number of thiophene rings is 1. The predicted octanol–water partition coefficient (Wildman–Crippen LogP) is 1.45. The first-order valence-electron chi connectivity index (χ1n) is 6.06. The van der Waals surface area contributed by atoms with Crippen LogP contribution in [-0.2, 0) is 9.59 Å². The van der Waals surface area contributed by atoms with Crippen LogP contribution in [0.1, 0.15) is 23.2 Å². The molecule has 1 heterocycles. The lowest BCUT2D eigenvalue weighted by Gasteiger charge is -2.24. The van der Waals surface area contributed by atoms with Gasteiger partial charge >= 0.3 is 5.97 Å². The summed E-state index contributed by atoms with van der Waals surface area (Å²) in [5.74, 6) is -3.39. The van der Waals surface area contributed by atoms with E-state index in [9.17, 15) is 14.4 Å². The maximum absolute atomic E-state index is 12.2. The van der Waals surface area contributed by atoms with Crippen molar-refractivity contribution >= 4 is 34.1 Å². The molecule has 2 rings (SSSR count). The molecule has 1 aliphatic carbocycles. The van der Waals surface area contributed by atoms with Gasteiger partial charge in [0.2, 0.25) is 5.91 Å². The van der Waals surface area contributed by atoms with Crippen LogP contribution in [0.15, 0.2) is 23.6 Å². The molecule has 7 heteroatoms. The van der Waals surface area contributed by atoms with E-state index in [1.807, 2.05) is 0 Å². The first-order valence-corrected chi connectivity index (χ1v) is 6.94. The second kappa shape index (κ2) is 5.87. The number of carbonyl (C=O) groups is 3. The van der Waals surface area contributed by atoms with Gasteiger partial charge in [-0.15, -0.1) is 11.3 Å². The van der Waals surface area contributed by atoms with Gasteiger partial charge in [0, 0.05) is 0 Å². The normalized spacial score (nSPS) is 21.4. The summed E-state index contributed by atoms with van der Waals surface area (Å²) in [6, 6.07) is 1.53. The highest BCUT2D eigenvalue weighted by atomic mass is 32.1. The minimum Gasteiger partial charge on any atom is -0.481 e. The summed E-state index contributed by atoms with van der Waals surface area (Å²) in [7, 11) is 0. The maximum atomic E-state index is 12.2. The first-order chi connectivity index (χ1) is 9.50. The van der Waals surface area contributed by atoms with Crippen LogP contribution < -0.4 is 11.1 Å². The minimum absolute atomic E-state index is 0.238. The molecule has 0 unspecified atom stereocenters. The standard InChI is InChI=1S/C13H14N2O4S/c14-10(16)9-5-6-20-12(9)15-11(17)7-3-1-2-4-8(7)13(18)19/h1-2,5-8H,3-4H2,(H2,14,16)(H,15,17)(H,18,19)/t7-,8+/m1/s1. The Balaban J connectivity index is 2.15. The molecular formula is C13H14N2O4S. The van der Waals surface area contributed by atoms with Gasteiger partial charge in [-0.25, -0.2) is 0 Å². The van der Waals surface area contributed by atoms with Crippen molar-refractivity contribution in [3.63, 3.8) is 0 Å². The summed E-state index contributed by atoms with van der Waals surface area (Å²) in [6.45, 7) is 0. The zero-order valence-corrected chi connectivity index (χ0v) is 11.4. The van der Waals surface area contributed by atoms with Crippen molar-refractivity contribution in [3.05, 3.63) is 29.2 Å². The van der Waals surface area contributed by atoms with Gasteiger partial charge in [-0.3, -0.25) is 14.4 Å². The number of nitrogens with one attached hydrogen (secondary N) is 1. The number of anilines is 1. The van der Waals surface area contributed by atoms with E-state index in [1.165, 1.54) is 17.4 Å². The number of primary amides is 1. The third-order valence-corrected chi connectivity index (χ3v) is 4.08. The third kappa shape index (κ3) is 2.88. The molecule has 2 atom stereocenters. The van der Waals surface area contributed by atoms with Crippen LogP contribution in [0.5, 0.6) is 0 Å². The van der Waals surface area contributed by atoms with Crippen molar-refractivity contribution in [1.29, 1.82) is 0 Å². The number of hydrogen-bond acceptors (Lipinski definition) is 4. The number of hydrogen-bond donors (Lipinski definition) is 3. The van der Waals surface area contributed by atoms with Crippen molar-refractivity contribution in [2.75, 3.05) is 5.32 Å². The molecule has 1 aromatic heterocycles. The Labute approximate surface area is 119 Å². The van der Waals surface area contributed by atoms with Gasteiger partial charge in [-0.2, -0.15) is 0 Å². The number of aliphatic carboxylic acids is 1. The number of amides is 2. The number of nitrogens with two attached hydrogens (primary N) is 1. The zero-order valence-electron chi connectivity index (χ0n) is 10.5. The lowest BCUT2D eigenvalue weighted by Crippen LogP contribution is -2.34. The average Bonchev–Trinajstić information content (AvgIpc) is 2.87. The summed E-state index contributed by atoms with van der Waals surface area (Å²) < 4.78 is 0. The van der Waals surface area contributed by atoms with Crippen molar-refractivity contribution in [2.24, 2.45) is 17.6 Å². The molecule has 0 fully saturated rings. The highest BCUT2D eigenvalue weighted by molar-refractivity contribution is 7.14. The Bertz CT molecular complexity index is 579. The first kappa shape index (κ1) is 14.3. The molecule has 6 nitrogen and oxygen atoms in total. The van der Waals surface area contributed by atoms with Crippen LogP contribution in [0.4, 0.5) is 5.00 Å². The number of carboxylic acid groups (broad SMARTS) is 1. The molecule has 1 aromatic rings. The summed E-state index contributed by atoms with van der Waals surface area (Å²) in [5.41, 5.74) is 5.44. The van der Waals surface area contributed by atoms with E-state index < -0.39 is 29.6 Å². The molecular weight excluding hydrogens is 280 g/mol. The number of allylic oxidation sites excluding steroid dienone is 2. The largest absolute Gasteiger partial charge is 0.481 e. The highest BCUT2D eigenvalue weighted by Crippen LogP contribution is 2.29. The molecule has 0 radical (unpaired) electrons. The summed E-state index contributed by atoms with van der Waals surface area (Å²) in [4.78, 5) is 34.5. The lowest BCUT2D eigenvalue weighted by molar-refractivity contribution is -0.146. The Morgan fingerprint density at radius 3 is 2.50 bits per heavy atom. The molecule has 106 valence electrons. The van der Waals surface area contributed by atoms with Crippen molar-refractivity contribution in [2.45, 2.75) is 12.8 Å². The number of carbonyl (C=O) groups excluding carboxylic acids is 2. The molecule has 4 N–H and O–H groups in total. The zero-order chi connectivity index (χ0) is 14.7. The second-order valence-corrected chi connectivity index (χ2v) is 5.43. The highest BCUT2D eigenvalue weighted by Gasteiger charge is 2.34. The fourth-order valence-corrected chi connectivity index (χ4v) is 2.98. The van der Waals surface area contributed by atoms with Gasteiger partial charge in [0.15, 0.2) is 0 Å². The number of carboxylic acids is 1. The van der Waals surface area contributed by atoms with Crippen LogP contribution in [0.2, 0.25) is 0 Å². The van der Waals surface area contributed by atoms with E-state index in [4.69, 9.17) is 10.8 Å². The van der Waals surface area contributed by atoms with Crippen LogP contribution in [0.25, 0.3) is 0 Å². The average molecular weight is 294 g/mol. The van der Waals surface area contributed by atoms with E-state index in [0.29, 0.717) is 17.8 Å². The van der Waals surface area contributed by atoms with Crippen molar-refractivity contribution in [3.8, 4) is 0 Å². The minimum atomic E-state index is -0.990. The van der Waals surface area contributed by atoms with Gasteiger partial charge in [-0.05, 0) is 24.3 Å². The lowest BCUT2D eigenvalue weighted by atomic mass is 9.82. The fraction of sp³-hybridized carbons (Fsp3) is 0.308. The Morgan fingerprint density at radius 2 is 1.90 bits per heavy atom. The SMILES string of the molecule is NC(=O)c1ccsc1NC(=O)[C@@H]1CC=CC[C@@H]1C(=O)O. The van der Waals surface area contributed by atoms with Crippen molar-refractivity contribution < 1.29 is 19.5 Å². The van der Waals surface area contributed by atoms with Gasteiger partial charge < -0.3 is 16.2 Å². The molecule has 2 amide bonds. The van der Waals surface area contributed by atoms with Crippen LogP contribution >= 0.6 is 11.3 Å². The molecule has 0 aromatic carbocycles. The maximum Gasteiger partial charge on any atom is 0.307 e. The van der Waals surface area contributed by atoms with Crippen LogP contribution in [0, 0.1) is 11.8 Å². The molecule has 20 heavy (non-hydrogen) atoms. The van der Waals surface area contributed by atoms with E-state index in [0.717, 1.165) is 0 Å². The molecule has 0 saturated carbocycles. The topological polar surface area (TPSA) is 109 Å². The van der Waals surface area contributed by atoms with Gasteiger partial charge in [0.1, 0.15) is 5.00 Å². The summed E-state index contributed by atoms with van der Waals surface area (Å²) in [5, 5.41) is 13.8. The summed E-state index contributed by atoms with van der Waals surface area (Å²) in [6.07, 6.45) is 4.27. The van der Waals surface area contributed by atoms with Crippen molar-refractivity contribution in [1.82, 2.24) is 0 Å². The molecule has 0 bridgehead atoms. The fourth-order valence-electron chi connectivity index (χ4n) is 2.18. The monoisotopic (exact) mass is 294 g/mol. The van der Waals surface area contributed by atoms with Gasteiger partial charge in [0.25, 0.3) is 5.91 Å². The van der Waals surface area contributed by atoms with Crippen LogP contribution in [0.3, 0.4) is 0 Å². The summed E-state index contributed by atoms with van der Waals surface area (Å²) >= 11 is 1.18. The van der Waals surface area contributed by atoms with E-state index in [1.54, 1.807) is 17.5 Å². The third-order valence-electron chi connectivity index (χ3n) is 3.25. The Morgan fingerprint density at radius 1 is 1.25 bits per heavy atom. The Hall–Kier alpha value is -2.15. The van der Waals surface area contributed by atoms with Crippen LogP contribution in [-0.4, -0.2) is 22.9 Å². The molecule has 1 aliphatic rings. The molecule has 0 saturated heterocycles. The second-order valence-electron chi connectivity index (χ2n) is 4.51. The predicted molar refractivity (Wildman–Crippen MR) is 74.5 cm³/mol. The van der Waals surface area contributed by atoms with Gasteiger partial charge in [0.05, 0.1) is 17.4 Å².